The number of nitro groups is 1. The molecule has 0 aliphatic rings. The van der Waals surface area contributed by atoms with Gasteiger partial charge in [0, 0.05) is 17.7 Å². The van der Waals surface area contributed by atoms with Crippen LogP contribution in [-0.4, -0.2) is 23.8 Å². The van der Waals surface area contributed by atoms with Crippen LogP contribution in [0, 0.1) is 10.1 Å². The average Bonchev–Trinajstić information content (AvgIpc) is 2.59. The fourth-order valence-corrected chi connectivity index (χ4v) is 1.96. The molecule has 24 heavy (non-hydrogen) atoms. The Hall–Kier alpha value is -3.51. The second kappa shape index (κ2) is 7.66. The van der Waals surface area contributed by atoms with E-state index >= 15 is 0 Å². The van der Waals surface area contributed by atoms with Crippen LogP contribution < -0.4 is 9.57 Å². The lowest BCUT2D eigenvalue weighted by Gasteiger charge is -2.07. The van der Waals surface area contributed by atoms with Gasteiger partial charge in [0.25, 0.3) is 5.69 Å². The molecule has 2 rings (SSSR count). The molecule has 2 aromatic rings. The number of nitro benzene ring substituents is 1. The first-order valence-electron chi connectivity index (χ1n) is 6.77. The van der Waals surface area contributed by atoms with Gasteiger partial charge in [-0.3, -0.25) is 10.1 Å². The molecule has 0 saturated carbocycles. The molecule has 122 valence electrons. The van der Waals surface area contributed by atoms with E-state index in [4.69, 9.17) is 9.57 Å². The Bertz CT molecular complexity index is 821. The van der Waals surface area contributed by atoms with Crippen LogP contribution in [0.5, 0.6) is 11.5 Å². The maximum Gasteiger partial charge on any atom is 0.275 e. The number of para-hydroxylation sites is 1. The van der Waals surface area contributed by atoms with Gasteiger partial charge in [0.2, 0.25) is 6.08 Å². The Morgan fingerprint density at radius 3 is 2.67 bits per heavy atom. The van der Waals surface area contributed by atoms with Crippen LogP contribution in [0.15, 0.2) is 52.6 Å². The van der Waals surface area contributed by atoms with Crippen LogP contribution >= 0.6 is 0 Å². The number of rotatable bonds is 6. The lowest BCUT2D eigenvalue weighted by atomic mass is 10.1. The van der Waals surface area contributed by atoms with Crippen molar-refractivity contribution in [2.45, 2.75) is 6.92 Å². The van der Waals surface area contributed by atoms with E-state index in [1.54, 1.807) is 19.1 Å². The monoisotopic (exact) mass is 327 g/mol. The molecular formula is C16H13N3O5. The highest BCUT2D eigenvalue weighted by Gasteiger charge is 2.11. The summed E-state index contributed by atoms with van der Waals surface area (Å²) in [6.45, 7) is 1.71. The zero-order valence-corrected chi connectivity index (χ0v) is 12.9. The number of aliphatic imine (C=N–C) groups is 1. The molecule has 0 fully saturated rings. The molecule has 0 spiro atoms. The van der Waals surface area contributed by atoms with Gasteiger partial charge in [-0.1, -0.05) is 17.3 Å². The van der Waals surface area contributed by atoms with Crippen LogP contribution in [0.25, 0.3) is 0 Å². The first-order chi connectivity index (χ1) is 11.5. The number of ether oxygens (including phenoxy) is 1. The zero-order valence-electron chi connectivity index (χ0n) is 12.9. The van der Waals surface area contributed by atoms with Crippen LogP contribution in [0.4, 0.5) is 11.4 Å². The third kappa shape index (κ3) is 4.02. The molecule has 0 radical (unpaired) electrons. The van der Waals surface area contributed by atoms with E-state index in [0.717, 1.165) is 11.6 Å². The molecule has 8 heteroatoms. The lowest BCUT2D eigenvalue weighted by Crippen LogP contribution is -2.01. The number of hydrogen-bond acceptors (Lipinski definition) is 7. The Kier molecular flexibility index (Phi) is 5.38. The van der Waals surface area contributed by atoms with Crippen LogP contribution in [0.1, 0.15) is 12.5 Å². The molecule has 8 nitrogen and oxygen atoms in total. The molecule has 0 aliphatic heterocycles. The Morgan fingerprint density at radius 1 is 1.25 bits per heavy atom. The Balaban J connectivity index is 2.33. The number of hydrogen-bond donors (Lipinski definition) is 0. The smallest absolute Gasteiger partial charge is 0.275 e. The summed E-state index contributed by atoms with van der Waals surface area (Å²) in [4.78, 5) is 29.2. The fraction of sp³-hybridized carbons (Fsp3) is 0.125. The Morgan fingerprint density at radius 2 is 2.00 bits per heavy atom. The number of oxime groups is 1. The molecule has 0 aliphatic carbocycles. The van der Waals surface area contributed by atoms with Crippen molar-refractivity contribution in [1.29, 1.82) is 0 Å². The highest BCUT2D eigenvalue weighted by Crippen LogP contribution is 2.28. The van der Waals surface area contributed by atoms with Gasteiger partial charge in [0.05, 0.1) is 29.5 Å². The van der Waals surface area contributed by atoms with E-state index in [-0.39, 0.29) is 17.1 Å². The minimum Gasteiger partial charge on any atom is -0.496 e. The molecule has 0 unspecified atom stereocenters. The normalized spacial score (nSPS) is 10.7. The molecule has 0 aromatic heterocycles. The van der Waals surface area contributed by atoms with Gasteiger partial charge in [-0.2, -0.15) is 4.99 Å². The SMILES string of the molecule is COc1ccccc1C(C)=NOc1cc(N=C=O)cc([N+](=O)[O-])c1. The number of isocyanates is 1. The topological polar surface area (TPSA) is 103 Å². The first-order valence-corrected chi connectivity index (χ1v) is 6.77. The highest BCUT2D eigenvalue weighted by molar-refractivity contribution is 6.00. The van der Waals surface area contributed by atoms with Crippen molar-refractivity contribution in [3.05, 3.63) is 58.1 Å². The maximum atomic E-state index is 10.9. The van der Waals surface area contributed by atoms with Gasteiger partial charge in [-0.25, -0.2) is 4.79 Å². The zero-order chi connectivity index (χ0) is 17.5. The summed E-state index contributed by atoms with van der Waals surface area (Å²) in [7, 11) is 1.54. The number of non-ortho nitro benzene ring substituents is 1. The molecular weight excluding hydrogens is 314 g/mol. The molecule has 0 saturated heterocycles. The average molecular weight is 327 g/mol. The van der Waals surface area contributed by atoms with Crippen molar-refractivity contribution in [3.63, 3.8) is 0 Å². The van der Waals surface area contributed by atoms with E-state index in [0.29, 0.717) is 11.5 Å². The van der Waals surface area contributed by atoms with Gasteiger partial charge >= 0.3 is 0 Å². The quantitative estimate of drug-likeness (QED) is 0.350. The van der Waals surface area contributed by atoms with Gasteiger partial charge < -0.3 is 9.57 Å². The Labute approximate surface area is 137 Å². The summed E-state index contributed by atoms with van der Waals surface area (Å²) in [5.41, 5.74) is 1.02. The highest BCUT2D eigenvalue weighted by atomic mass is 16.6. The van der Waals surface area contributed by atoms with Crippen molar-refractivity contribution < 1.29 is 19.3 Å². The van der Waals surface area contributed by atoms with Crippen LogP contribution in [-0.2, 0) is 4.79 Å². The van der Waals surface area contributed by atoms with E-state index in [1.165, 1.54) is 25.3 Å². The van der Waals surface area contributed by atoms with Crippen molar-refractivity contribution in [1.82, 2.24) is 0 Å². The third-order valence-corrected chi connectivity index (χ3v) is 3.05. The molecule has 0 amide bonds. The number of carbonyl (C=O) groups excluding carboxylic acids is 1. The minimum atomic E-state index is -0.618. The van der Waals surface area contributed by atoms with Gasteiger partial charge in [0.1, 0.15) is 5.75 Å². The summed E-state index contributed by atoms with van der Waals surface area (Å²) in [5, 5.41) is 14.9. The maximum absolute atomic E-state index is 10.9. The molecule has 2 aromatic carbocycles. The summed E-state index contributed by atoms with van der Waals surface area (Å²) in [6, 6.07) is 10.9. The van der Waals surface area contributed by atoms with Gasteiger partial charge in [-0.05, 0) is 19.1 Å². The lowest BCUT2D eigenvalue weighted by molar-refractivity contribution is -0.384. The van der Waals surface area contributed by atoms with E-state index in [2.05, 4.69) is 10.1 Å². The minimum absolute atomic E-state index is 0.0549. The van der Waals surface area contributed by atoms with Gasteiger partial charge in [0.15, 0.2) is 5.75 Å². The van der Waals surface area contributed by atoms with Crippen LogP contribution in [0.2, 0.25) is 0 Å². The second-order valence-electron chi connectivity index (χ2n) is 4.61. The first kappa shape index (κ1) is 16.9. The predicted octanol–water partition coefficient (Wildman–Crippen LogP) is 3.37. The summed E-state index contributed by atoms with van der Waals surface area (Å²) in [6.07, 6.45) is 1.33. The molecule has 0 bridgehead atoms. The van der Waals surface area contributed by atoms with Crippen molar-refractivity contribution >= 4 is 23.2 Å². The van der Waals surface area contributed by atoms with E-state index in [1.807, 2.05) is 12.1 Å². The summed E-state index contributed by atoms with van der Waals surface area (Å²) in [5.74, 6) is 0.695. The molecule has 0 heterocycles. The van der Waals surface area contributed by atoms with Crippen LogP contribution in [0.3, 0.4) is 0 Å². The standard InChI is InChI=1S/C16H13N3O5/c1-11(15-5-3-4-6-16(15)23-2)18-24-14-8-12(17-10-20)7-13(9-14)19(21)22/h3-9H,1-2H3. The third-order valence-electron chi connectivity index (χ3n) is 3.05. The number of methoxy groups -OCH3 is 1. The van der Waals surface area contributed by atoms with E-state index in [9.17, 15) is 14.9 Å². The number of nitrogens with zero attached hydrogens (tertiary/aromatic N) is 3. The van der Waals surface area contributed by atoms with Crippen molar-refractivity contribution in [2.75, 3.05) is 7.11 Å². The molecule has 0 N–H and O–H groups in total. The summed E-state index contributed by atoms with van der Waals surface area (Å²) < 4.78 is 5.24. The second-order valence-corrected chi connectivity index (χ2v) is 4.61. The fourth-order valence-electron chi connectivity index (χ4n) is 1.96. The van der Waals surface area contributed by atoms with Gasteiger partial charge in [-0.15, -0.1) is 0 Å². The van der Waals surface area contributed by atoms with E-state index < -0.39 is 4.92 Å². The van der Waals surface area contributed by atoms with Crippen molar-refractivity contribution in [2.24, 2.45) is 10.1 Å². The van der Waals surface area contributed by atoms with Crippen molar-refractivity contribution in [3.8, 4) is 11.5 Å². The number of benzene rings is 2. The molecule has 0 atom stereocenters. The summed E-state index contributed by atoms with van der Waals surface area (Å²) >= 11 is 0. The largest absolute Gasteiger partial charge is 0.496 e. The predicted molar refractivity (Wildman–Crippen MR) is 86.7 cm³/mol.